The molecular formula is C18H22BrN3O6. The van der Waals surface area contributed by atoms with Crippen LogP contribution in [0.4, 0.5) is 5.69 Å². The van der Waals surface area contributed by atoms with Crippen LogP contribution in [-0.4, -0.2) is 70.7 Å². The largest absolute Gasteiger partial charge is 0.478 e. The van der Waals surface area contributed by atoms with Gasteiger partial charge in [0.15, 0.2) is 6.61 Å². The van der Waals surface area contributed by atoms with E-state index in [2.05, 4.69) is 25.8 Å². The fourth-order valence-electron chi connectivity index (χ4n) is 2.88. The van der Waals surface area contributed by atoms with E-state index < -0.39 is 11.9 Å². The molecular weight excluding hydrogens is 434 g/mol. The van der Waals surface area contributed by atoms with E-state index in [1.165, 1.54) is 19.3 Å². The van der Waals surface area contributed by atoms with E-state index in [9.17, 15) is 14.4 Å². The third-order valence-electron chi connectivity index (χ3n) is 4.18. The summed E-state index contributed by atoms with van der Waals surface area (Å²) in [4.78, 5) is 39.6. The molecule has 0 radical (unpaired) electrons. The molecule has 3 heterocycles. The van der Waals surface area contributed by atoms with Crippen molar-refractivity contribution in [3.8, 4) is 5.88 Å². The average Bonchev–Trinajstić information content (AvgIpc) is 2.67. The summed E-state index contributed by atoms with van der Waals surface area (Å²) in [6, 6.07) is 1.90. The van der Waals surface area contributed by atoms with E-state index in [-0.39, 0.29) is 12.5 Å². The summed E-state index contributed by atoms with van der Waals surface area (Å²) < 4.78 is 6.23. The van der Waals surface area contributed by atoms with Gasteiger partial charge < -0.3 is 24.7 Å². The Kier molecular flexibility index (Phi) is 8.40. The number of carboxylic acids is 2. The number of hydrogen-bond donors (Lipinski definition) is 2. The summed E-state index contributed by atoms with van der Waals surface area (Å²) in [5.41, 5.74) is 0.771. The van der Waals surface area contributed by atoms with E-state index in [0.29, 0.717) is 24.6 Å². The molecule has 0 spiro atoms. The van der Waals surface area contributed by atoms with E-state index in [1.807, 2.05) is 6.07 Å². The zero-order valence-electron chi connectivity index (χ0n) is 15.2. The van der Waals surface area contributed by atoms with Gasteiger partial charge in [0.25, 0.3) is 5.91 Å². The minimum absolute atomic E-state index is 0.00871. The van der Waals surface area contributed by atoms with Gasteiger partial charge in [-0.1, -0.05) is 6.42 Å². The highest BCUT2D eigenvalue weighted by molar-refractivity contribution is 9.10. The lowest BCUT2D eigenvalue weighted by molar-refractivity contribution is -0.134. The van der Waals surface area contributed by atoms with Gasteiger partial charge in [0.1, 0.15) is 5.69 Å². The minimum Gasteiger partial charge on any atom is -0.478 e. The first-order chi connectivity index (χ1) is 13.4. The summed E-state index contributed by atoms with van der Waals surface area (Å²) in [6.45, 7) is 3.98. The van der Waals surface area contributed by atoms with Gasteiger partial charge in [-0.2, -0.15) is 0 Å². The van der Waals surface area contributed by atoms with Gasteiger partial charge in [-0.05, 0) is 47.9 Å². The molecule has 1 amide bonds. The molecule has 0 bridgehead atoms. The number of pyridine rings is 1. The number of carbonyl (C=O) groups is 3. The van der Waals surface area contributed by atoms with Gasteiger partial charge in [-0.3, -0.25) is 4.79 Å². The lowest BCUT2D eigenvalue weighted by atomic mass is 10.1. The number of carboxylic acid groups (broad SMARTS) is 2. The number of aromatic nitrogens is 1. The van der Waals surface area contributed by atoms with Crippen LogP contribution in [0.15, 0.2) is 28.9 Å². The highest BCUT2D eigenvalue weighted by atomic mass is 79.9. The number of piperidine rings is 1. The number of carbonyl (C=O) groups excluding carboxylic acids is 1. The number of hydrogen-bond acceptors (Lipinski definition) is 6. The van der Waals surface area contributed by atoms with Crippen molar-refractivity contribution in [3.63, 3.8) is 0 Å². The maximum Gasteiger partial charge on any atom is 0.328 e. The van der Waals surface area contributed by atoms with Crippen LogP contribution in [-0.2, 0) is 14.4 Å². The predicted octanol–water partition coefficient (Wildman–Crippen LogP) is 1.77. The zero-order chi connectivity index (χ0) is 20.5. The molecule has 1 fully saturated rings. The van der Waals surface area contributed by atoms with Crippen LogP contribution in [0.1, 0.15) is 19.3 Å². The molecule has 1 aromatic rings. The molecule has 2 aliphatic rings. The molecule has 3 rings (SSSR count). The van der Waals surface area contributed by atoms with Crippen molar-refractivity contribution in [2.75, 3.05) is 37.7 Å². The number of nitrogens with zero attached hydrogens (tertiary/aromatic N) is 3. The molecule has 10 heteroatoms. The Morgan fingerprint density at radius 3 is 2.39 bits per heavy atom. The molecule has 9 nitrogen and oxygen atoms in total. The Bertz CT molecular complexity index is 733. The fraction of sp³-hybridized carbons (Fsp3) is 0.444. The number of halogens is 1. The van der Waals surface area contributed by atoms with E-state index >= 15 is 0 Å². The van der Waals surface area contributed by atoms with Crippen molar-refractivity contribution >= 4 is 39.5 Å². The van der Waals surface area contributed by atoms with Crippen molar-refractivity contribution < 1.29 is 29.3 Å². The first-order valence-corrected chi connectivity index (χ1v) is 9.61. The SMILES string of the molecule is O=C(O)/C=C/C(=O)O.O=C1COc2ncc(Br)cc2N1CCN1CCCCC1. The first-order valence-electron chi connectivity index (χ1n) is 8.82. The predicted molar refractivity (Wildman–Crippen MR) is 104 cm³/mol. The lowest BCUT2D eigenvalue weighted by Crippen LogP contribution is -2.44. The zero-order valence-corrected chi connectivity index (χ0v) is 16.8. The van der Waals surface area contributed by atoms with Crippen LogP contribution < -0.4 is 9.64 Å². The molecule has 0 aliphatic carbocycles. The van der Waals surface area contributed by atoms with Crippen molar-refractivity contribution in [2.24, 2.45) is 0 Å². The maximum atomic E-state index is 12.1. The molecule has 2 N–H and O–H groups in total. The molecule has 2 aliphatic heterocycles. The standard InChI is InChI=1S/C14H18BrN3O2.C4H4O4/c15-11-8-12-14(16-9-11)20-10-13(19)18(12)7-6-17-4-2-1-3-5-17;5-3(6)1-2-4(7)8/h8-9H,1-7,10H2;1-2H,(H,5,6)(H,7,8)/b;2-1+. The van der Waals surface area contributed by atoms with Gasteiger partial charge in [0.2, 0.25) is 5.88 Å². The summed E-state index contributed by atoms with van der Waals surface area (Å²) in [7, 11) is 0. The second-order valence-electron chi connectivity index (χ2n) is 6.22. The van der Waals surface area contributed by atoms with E-state index in [0.717, 1.165) is 29.8 Å². The van der Waals surface area contributed by atoms with E-state index in [4.69, 9.17) is 14.9 Å². The Labute approximate surface area is 170 Å². The maximum absolute atomic E-state index is 12.1. The van der Waals surface area contributed by atoms with Crippen molar-refractivity contribution in [1.29, 1.82) is 0 Å². The van der Waals surface area contributed by atoms with Crippen LogP contribution in [0.2, 0.25) is 0 Å². The minimum atomic E-state index is -1.26. The molecule has 28 heavy (non-hydrogen) atoms. The van der Waals surface area contributed by atoms with Gasteiger partial charge >= 0.3 is 11.9 Å². The van der Waals surface area contributed by atoms with Crippen LogP contribution in [0.5, 0.6) is 5.88 Å². The summed E-state index contributed by atoms with van der Waals surface area (Å²) in [5, 5.41) is 15.6. The monoisotopic (exact) mass is 455 g/mol. The van der Waals surface area contributed by atoms with Crippen LogP contribution in [0.3, 0.4) is 0 Å². The highest BCUT2D eigenvalue weighted by Crippen LogP contribution is 2.32. The number of rotatable bonds is 5. The molecule has 0 saturated carbocycles. The quantitative estimate of drug-likeness (QED) is 0.644. The summed E-state index contributed by atoms with van der Waals surface area (Å²) >= 11 is 3.40. The topological polar surface area (TPSA) is 120 Å². The first kappa shape index (κ1) is 21.8. The Hall–Kier alpha value is -2.46. The molecule has 152 valence electrons. The molecule has 0 unspecified atom stereocenters. The van der Waals surface area contributed by atoms with Gasteiger partial charge in [0.05, 0.1) is 0 Å². The van der Waals surface area contributed by atoms with Crippen LogP contribution >= 0.6 is 15.9 Å². The number of fused-ring (bicyclic) bond motifs is 1. The fourth-order valence-corrected chi connectivity index (χ4v) is 3.19. The second-order valence-corrected chi connectivity index (χ2v) is 7.14. The van der Waals surface area contributed by atoms with E-state index in [1.54, 1.807) is 11.1 Å². The smallest absolute Gasteiger partial charge is 0.328 e. The van der Waals surface area contributed by atoms with Gasteiger partial charge in [0, 0.05) is 35.9 Å². The summed E-state index contributed by atoms with van der Waals surface area (Å²) in [6.07, 6.45) is 6.66. The number of aliphatic carboxylic acids is 2. The summed E-state index contributed by atoms with van der Waals surface area (Å²) in [5.74, 6) is -1.96. The number of ether oxygens (including phenoxy) is 1. The van der Waals surface area contributed by atoms with Crippen LogP contribution in [0.25, 0.3) is 0 Å². The number of likely N-dealkylation sites (tertiary alicyclic amines) is 1. The third-order valence-corrected chi connectivity index (χ3v) is 4.61. The third kappa shape index (κ3) is 6.93. The molecule has 0 aromatic carbocycles. The molecule has 1 saturated heterocycles. The second kappa shape index (κ2) is 10.8. The van der Waals surface area contributed by atoms with Crippen molar-refractivity contribution in [2.45, 2.75) is 19.3 Å². The Morgan fingerprint density at radius 2 is 1.79 bits per heavy atom. The van der Waals surface area contributed by atoms with Crippen molar-refractivity contribution in [3.05, 3.63) is 28.9 Å². The average molecular weight is 456 g/mol. The molecule has 0 atom stereocenters. The van der Waals surface area contributed by atoms with Gasteiger partial charge in [-0.15, -0.1) is 0 Å². The van der Waals surface area contributed by atoms with Crippen LogP contribution in [0, 0.1) is 0 Å². The Morgan fingerprint density at radius 1 is 1.14 bits per heavy atom. The number of amides is 1. The van der Waals surface area contributed by atoms with Crippen molar-refractivity contribution in [1.82, 2.24) is 9.88 Å². The molecule has 1 aromatic heterocycles. The Balaban J connectivity index is 0.000000300. The number of anilines is 1. The van der Waals surface area contributed by atoms with Gasteiger partial charge in [-0.25, -0.2) is 14.6 Å². The lowest BCUT2D eigenvalue weighted by Gasteiger charge is -2.32. The highest BCUT2D eigenvalue weighted by Gasteiger charge is 2.27. The normalized spacial score (nSPS) is 16.8.